The van der Waals surface area contributed by atoms with E-state index in [4.69, 9.17) is 18.9 Å². The van der Waals surface area contributed by atoms with Crippen molar-refractivity contribution in [1.82, 2.24) is 0 Å². The first-order valence-corrected chi connectivity index (χ1v) is 9.23. The molecule has 8 atom stereocenters. The summed E-state index contributed by atoms with van der Waals surface area (Å²) in [7, 11) is 0. The third-order valence-corrected chi connectivity index (χ3v) is 7.10. The molecule has 0 aromatic carbocycles. The zero-order valence-electron chi connectivity index (χ0n) is 15.9. The molecule has 2 bridgehead atoms. The van der Waals surface area contributed by atoms with Crippen LogP contribution in [0.25, 0.3) is 0 Å². The molecule has 150 valence electrons. The van der Waals surface area contributed by atoms with Crippen LogP contribution >= 0.6 is 0 Å². The van der Waals surface area contributed by atoms with Gasteiger partial charge in [0.05, 0.1) is 29.6 Å². The van der Waals surface area contributed by atoms with E-state index in [2.05, 4.69) is 0 Å². The standard InChI is InChI=1S/C19H26O8/c1-9-5-12(22)18(7-24-10(2)20)13(6-9)27-16-14(23)15(26-11(3)21)17(18,4)19(16)8-25-19/h6,12-16,22-23H,5,7-8H2,1-4H3. The summed E-state index contributed by atoms with van der Waals surface area (Å²) in [5.41, 5.74) is -2.09. The van der Waals surface area contributed by atoms with Gasteiger partial charge in [-0.1, -0.05) is 18.6 Å². The summed E-state index contributed by atoms with van der Waals surface area (Å²) >= 11 is 0. The summed E-state index contributed by atoms with van der Waals surface area (Å²) in [4.78, 5) is 23.4. The summed E-state index contributed by atoms with van der Waals surface area (Å²) in [6.07, 6.45) is -2.04. The van der Waals surface area contributed by atoms with Gasteiger partial charge in [-0.15, -0.1) is 0 Å². The van der Waals surface area contributed by atoms with E-state index in [0.29, 0.717) is 13.0 Å². The van der Waals surface area contributed by atoms with Crippen LogP contribution in [0.4, 0.5) is 0 Å². The lowest BCUT2D eigenvalue weighted by molar-refractivity contribution is -0.262. The van der Waals surface area contributed by atoms with Crippen molar-refractivity contribution in [3.8, 4) is 0 Å². The number of aliphatic hydroxyl groups excluding tert-OH is 2. The second-order valence-corrected chi connectivity index (χ2v) is 8.43. The van der Waals surface area contributed by atoms with E-state index < -0.39 is 58.9 Å². The highest BCUT2D eigenvalue weighted by molar-refractivity contribution is 5.67. The Labute approximate surface area is 157 Å². The molecule has 2 saturated heterocycles. The van der Waals surface area contributed by atoms with Crippen LogP contribution in [0, 0.1) is 10.8 Å². The maximum Gasteiger partial charge on any atom is 0.303 e. The largest absolute Gasteiger partial charge is 0.465 e. The van der Waals surface area contributed by atoms with E-state index in [-0.39, 0.29) is 6.61 Å². The average molecular weight is 382 g/mol. The monoisotopic (exact) mass is 382 g/mol. The molecule has 4 aliphatic rings. The summed E-state index contributed by atoms with van der Waals surface area (Å²) in [6.45, 7) is 6.49. The highest BCUT2D eigenvalue weighted by atomic mass is 16.7. The molecule has 8 unspecified atom stereocenters. The fourth-order valence-electron chi connectivity index (χ4n) is 5.73. The molecule has 0 radical (unpaired) electrons. The molecule has 3 fully saturated rings. The lowest BCUT2D eigenvalue weighted by atomic mass is 9.50. The Morgan fingerprint density at radius 1 is 1.30 bits per heavy atom. The first kappa shape index (κ1) is 18.9. The van der Waals surface area contributed by atoms with Crippen LogP contribution in [0.3, 0.4) is 0 Å². The van der Waals surface area contributed by atoms with Crippen LogP contribution in [0.1, 0.15) is 34.1 Å². The van der Waals surface area contributed by atoms with Gasteiger partial charge in [-0.2, -0.15) is 0 Å². The molecule has 2 N–H and O–H groups in total. The predicted molar refractivity (Wildman–Crippen MR) is 90.5 cm³/mol. The number of hydrogen-bond donors (Lipinski definition) is 2. The van der Waals surface area contributed by atoms with Crippen molar-refractivity contribution < 1.29 is 38.7 Å². The molecule has 1 saturated carbocycles. The number of aliphatic hydroxyl groups is 2. The van der Waals surface area contributed by atoms with Crippen molar-refractivity contribution in [1.29, 1.82) is 0 Å². The fourth-order valence-corrected chi connectivity index (χ4v) is 5.73. The van der Waals surface area contributed by atoms with Crippen LogP contribution in [0.2, 0.25) is 0 Å². The molecular weight excluding hydrogens is 356 g/mol. The molecule has 0 amide bonds. The molecule has 8 heteroatoms. The Kier molecular flexibility index (Phi) is 4.03. The summed E-state index contributed by atoms with van der Waals surface area (Å²) < 4.78 is 23.0. The number of esters is 2. The Morgan fingerprint density at radius 3 is 2.52 bits per heavy atom. The van der Waals surface area contributed by atoms with Crippen molar-refractivity contribution in [3.05, 3.63) is 11.6 Å². The zero-order valence-corrected chi connectivity index (χ0v) is 15.9. The third-order valence-electron chi connectivity index (χ3n) is 7.10. The lowest BCUT2D eigenvalue weighted by Crippen LogP contribution is -2.71. The Balaban J connectivity index is 1.90. The lowest BCUT2D eigenvalue weighted by Gasteiger charge is -2.59. The van der Waals surface area contributed by atoms with E-state index in [1.165, 1.54) is 13.8 Å². The smallest absolute Gasteiger partial charge is 0.303 e. The molecule has 2 aliphatic carbocycles. The fraction of sp³-hybridized carbons (Fsp3) is 0.789. The summed E-state index contributed by atoms with van der Waals surface area (Å²) in [6, 6.07) is 0. The van der Waals surface area contributed by atoms with Crippen LogP contribution in [-0.4, -0.2) is 71.5 Å². The molecule has 8 nitrogen and oxygen atoms in total. The number of fused-ring (bicyclic) bond motifs is 2. The van der Waals surface area contributed by atoms with Gasteiger partial charge >= 0.3 is 11.9 Å². The molecule has 2 aliphatic heterocycles. The van der Waals surface area contributed by atoms with Crippen LogP contribution in [-0.2, 0) is 28.5 Å². The number of ether oxygens (including phenoxy) is 4. The Bertz CT molecular complexity index is 712. The number of carbonyl (C=O) groups is 2. The van der Waals surface area contributed by atoms with Crippen molar-refractivity contribution in [2.45, 2.75) is 70.2 Å². The summed E-state index contributed by atoms with van der Waals surface area (Å²) in [5, 5.41) is 22.2. The third kappa shape index (κ3) is 2.18. The molecule has 0 aromatic heterocycles. The van der Waals surface area contributed by atoms with Gasteiger partial charge in [0.1, 0.15) is 30.5 Å². The quantitative estimate of drug-likeness (QED) is 0.401. The van der Waals surface area contributed by atoms with Gasteiger partial charge in [0.15, 0.2) is 0 Å². The van der Waals surface area contributed by atoms with Gasteiger partial charge in [0, 0.05) is 13.8 Å². The molecule has 0 aromatic rings. The minimum absolute atomic E-state index is 0.128. The van der Waals surface area contributed by atoms with Crippen LogP contribution in [0.15, 0.2) is 11.6 Å². The second-order valence-electron chi connectivity index (χ2n) is 8.43. The molecule has 27 heavy (non-hydrogen) atoms. The topological polar surface area (TPSA) is 115 Å². The molecular formula is C19H26O8. The normalized spacial score (nSPS) is 50.0. The van der Waals surface area contributed by atoms with Gasteiger partial charge in [0.25, 0.3) is 0 Å². The van der Waals surface area contributed by atoms with Gasteiger partial charge in [-0.05, 0) is 13.3 Å². The minimum Gasteiger partial charge on any atom is -0.465 e. The Morgan fingerprint density at radius 2 is 1.96 bits per heavy atom. The predicted octanol–water partition coefficient (Wildman–Crippen LogP) is 0.0957. The van der Waals surface area contributed by atoms with E-state index >= 15 is 0 Å². The second kappa shape index (κ2) is 5.76. The van der Waals surface area contributed by atoms with E-state index in [1.54, 1.807) is 0 Å². The minimum atomic E-state index is -1.12. The molecule has 1 spiro atoms. The van der Waals surface area contributed by atoms with Crippen molar-refractivity contribution >= 4 is 11.9 Å². The first-order valence-electron chi connectivity index (χ1n) is 9.23. The van der Waals surface area contributed by atoms with Crippen molar-refractivity contribution in [2.24, 2.45) is 10.8 Å². The van der Waals surface area contributed by atoms with E-state index in [1.807, 2.05) is 19.9 Å². The first-order chi connectivity index (χ1) is 12.6. The highest BCUT2D eigenvalue weighted by Crippen LogP contribution is 2.72. The van der Waals surface area contributed by atoms with Gasteiger partial charge in [-0.25, -0.2) is 0 Å². The van der Waals surface area contributed by atoms with E-state index in [0.717, 1.165) is 5.57 Å². The van der Waals surface area contributed by atoms with Crippen LogP contribution < -0.4 is 0 Å². The number of hydrogen-bond acceptors (Lipinski definition) is 8. The number of rotatable bonds is 3. The number of carbonyl (C=O) groups excluding carboxylic acids is 2. The maximum absolute atomic E-state index is 11.8. The molecule has 4 rings (SSSR count). The van der Waals surface area contributed by atoms with Gasteiger partial charge in [0.2, 0.25) is 0 Å². The maximum atomic E-state index is 11.8. The zero-order chi connectivity index (χ0) is 19.8. The molecule has 2 heterocycles. The average Bonchev–Trinajstić information content (AvgIpc) is 3.34. The van der Waals surface area contributed by atoms with E-state index in [9.17, 15) is 19.8 Å². The van der Waals surface area contributed by atoms with Crippen molar-refractivity contribution in [3.63, 3.8) is 0 Å². The number of epoxide rings is 1. The SMILES string of the molecule is CC(=O)OCC12C(O)CC(C)=CC1OC1C(O)C(OC(C)=O)C2(C)C12CO2. The Hall–Kier alpha value is -1.48. The van der Waals surface area contributed by atoms with Gasteiger partial charge < -0.3 is 29.2 Å². The summed E-state index contributed by atoms with van der Waals surface area (Å²) in [5.74, 6) is -1.03. The van der Waals surface area contributed by atoms with Crippen LogP contribution in [0.5, 0.6) is 0 Å². The van der Waals surface area contributed by atoms with Crippen molar-refractivity contribution in [2.75, 3.05) is 13.2 Å². The van der Waals surface area contributed by atoms with Gasteiger partial charge in [-0.3, -0.25) is 9.59 Å². The highest BCUT2D eigenvalue weighted by Gasteiger charge is 2.87.